The SMILES string of the molecule is CCCCCOC(=O)Nc1ccn([C@@H]2O[C@H](CO)[C@@H](OC(=O)CCC(=O)Cc3ccccc3)C2(F)F)c(=O)n1. The summed E-state index contributed by atoms with van der Waals surface area (Å²) in [5.74, 6) is -5.51. The zero-order valence-electron chi connectivity index (χ0n) is 21.4. The van der Waals surface area contributed by atoms with Gasteiger partial charge in [0.1, 0.15) is 17.7 Å². The molecule has 3 atom stereocenters. The number of aromatic nitrogens is 2. The lowest BCUT2D eigenvalue weighted by Gasteiger charge is -2.24. The molecule has 0 saturated carbocycles. The highest BCUT2D eigenvalue weighted by Crippen LogP contribution is 2.44. The lowest BCUT2D eigenvalue weighted by molar-refractivity contribution is -0.176. The first-order chi connectivity index (χ1) is 18.6. The summed E-state index contributed by atoms with van der Waals surface area (Å²) in [5.41, 5.74) is -0.433. The van der Waals surface area contributed by atoms with Crippen molar-refractivity contribution < 1.29 is 42.5 Å². The van der Waals surface area contributed by atoms with E-state index in [1.807, 2.05) is 6.92 Å². The number of hydrogen-bond donors (Lipinski definition) is 2. The standard InChI is InChI=1S/C26H31F2N3O8/c1-2-3-7-14-37-25(36)30-20-12-13-31(24(35)29-20)23-26(27,28)22(19(16-32)38-23)39-21(34)11-10-18(33)15-17-8-5-4-6-9-17/h4-6,8-9,12-13,19,22-23,32H,2-3,7,10-11,14-16H2,1H3,(H,29,30,35,36)/t19-,22-,23-/m1/s1. The van der Waals surface area contributed by atoms with Crippen molar-refractivity contribution in [1.29, 1.82) is 0 Å². The van der Waals surface area contributed by atoms with Crippen LogP contribution in [0.3, 0.4) is 0 Å². The second kappa shape index (κ2) is 13.9. The summed E-state index contributed by atoms with van der Waals surface area (Å²) in [6.45, 7) is 1.23. The Morgan fingerprint density at radius 1 is 1.15 bits per heavy atom. The minimum Gasteiger partial charge on any atom is -0.453 e. The zero-order chi connectivity index (χ0) is 28.4. The van der Waals surface area contributed by atoms with Crippen LogP contribution in [0.1, 0.15) is 50.8 Å². The molecule has 0 unspecified atom stereocenters. The van der Waals surface area contributed by atoms with Crippen LogP contribution in [0.4, 0.5) is 19.4 Å². The van der Waals surface area contributed by atoms with Gasteiger partial charge in [0.2, 0.25) is 6.23 Å². The Morgan fingerprint density at radius 3 is 2.56 bits per heavy atom. The molecule has 3 rings (SSSR count). The minimum absolute atomic E-state index is 0.0789. The molecular formula is C26H31F2N3O8. The molecule has 2 N–H and O–H groups in total. The van der Waals surface area contributed by atoms with Crippen molar-refractivity contribution in [2.45, 2.75) is 69.8 Å². The highest BCUT2D eigenvalue weighted by Gasteiger charge is 2.62. The second-order valence-electron chi connectivity index (χ2n) is 8.97. The number of nitrogens with zero attached hydrogens (tertiary/aromatic N) is 2. The van der Waals surface area contributed by atoms with E-state index in [1.165, 1.54) is 0 Å². The average molecular weight is 552 g/mol. The summed E-state index contributed by atoms with van der Waals surface area (Å²) in [4.78, 5) is 52.3. The predicted molar refractivity (Wildman–Crippen MR) is 133 cm³/mol. The van der Waals surface area contributed by atoms with E-state index < -0.39 is 55.1 Å². The third-order valence-corrected chi connectivity index (χ3v) is 5.93. The Balaban J connectivity index is 1.60. The van der Waals surface area contributed by atoms with Crippen molar-refractivity contribution >= 4 is 23.7 Å². The monoisotopic (exact) mass is 551 g/mol. The van der Waals surface area contributed by atoms with Crippen molar-refractivity contribution in [3.63, 3.8) is 0 Å². The van der Waals surface area contributed by atoms with Crippen molar-refractivity contribution in [3.8, 4) is 0 Å². The number of halogens is 2. The number of ether oxygens (including phenoxy) is 3. The van der Waals surface area contributed by atoms with Crippen LogP contribution >= 0.6 is 0 Å². The maximum Gasteiger partial charge on any atom is 0.412 e. The largest absolute Gasteiger partial charge is 0.453 e. The van der Waals surface area contributed by atoms with E-state index in [9.17, 15) is 24.3 Å². The molecule has 39 heavy (non-hydrogen) atoms. The van der Waals surface area contributed by atoms with Crippen molar-refractivity contribution in [2.75, 3.05) is 18.5 Å². The molecular weight excluding hydrogens is 520 g/mol. The molecule has 1 saturated heterocycles. The number of carbonyl (C=O) groups is 3. The van der Waals surface area contributed by atoms with Gasteiger partial charge in [-0.05, 0) is 18.1 Å². The summed E-state index contributed by atoms with van der Waals surface area (Å²) >= 11 is 0. The molecule has 1 aliphatic heterocycles. The van der Waals surface area contributed by atoms with Crippen LogP contribution in [0.5, 0.6) is 0 Å². The summed E-state index contributed by atoms with van der Waals surface area (Å²) in [6, 6.07) is 9.91. The lowest BCUT2D eigenvalue weighted by atomic mass is 10.1. The van der Waals surface area contributed by atoms with Crippen LogP contribution in [-0.4, -0.2) is 63.8 Å². The fourth-order valence-corrected chi connectivity index (χ4v) is 3.93. The van der Waals surface area contributed by atoms with Crippen LogP contribution in [0.2, 0.25) is 0 Å². The molecule has 1 aromatic carbocycles. The maximum atomic E-state index is 15.3. The minimum atomic E-state index is -3.93. The Morgan fingerprint density at radius 2 is 1.90 bits per heavy atom. The maximum absolute atomic E-state index is 15.3. The van der Waals surface area contributed by atoms with Gasteiger partial charge in [-0.3, -0.25) is 19.5 Å². The van der Waals surface area contributed by atoms with Gasteiger partial charge in [0.05, 0.1) is 19.6 Å². The Kier molecular flexibility index (Phi) is 10.6. The molecule has 1 aliphatic rings. The highest BCUT2D eigenvalue weighted by atomic mass is 19.3. The van der Waals surface area contributed by atoms with E-state index in [-0.39, 0.29) is 31.0 Å². The van der Waals surface area contributed by atoms with Gasteiger partial charge in [0.15, 0.2) is 6.10 Å². The number of esters is 1. The molecule has 0 spiro atoms. The van der Waals surface area contributed by atoms with Crippen LogP contribution in [0.25, 0.3) is 0 Å². The molecule has 2 heterocycles. The Hall–Kier alpha value is -3.71. The van der Waals surface area contributed by atoms with Gasteiger partial charge in [-0.25, -0.2) is 9.59 Å². The van der Waals surface area contributed by atoms with Crippen LogP contribution in [0, 0.1) is 0 Å². The number of anilines is 1. The smallest absolute Gasteiger partial charge is 0.412 e. The predicted octanol–water partition coefficient (Wildman–Crippen LogP) is 3.01. The van der Waals surface area contributed by atoms with E-state index in [2.05, 4.69) is 10.3 Å². The van der Waals surface area contributed by atoms with Gasteiger partial charge in [0, 0.05) is 19.0 Å². The second-order valence-corrected chi connectivity index (χ2v) is 8.97. The number of aliphatic hydroxyl groups excluding tert-OH is 1. The van der Waals surface area contributed by atoms with Crippen molar-refractivity contribution in [2.24, 2.45) is 0 Å². The number of aliphatic hydroxyl groups is 1. The molecule has 0 bridgehead atoms. The molecule has 0 radical (unpaired) electrons. The number of ketones is 1. The van der Waals surface area contributed by atoms with E-state index in [0.29, 0.717) is 11.0 Å². The van der Waals surface area contributed by atoms with Gasteiger partial charge < -0.3 is 19.3 Å². The van der Waals surface area contributed by atoms with E-state index in [1.54, 1.807) is 30.3 Å². The summed E-state index contributed by atoms with van der Waals surface area (Å²) in [5, 5.41) is 11.8. The number of rotatable bonds is 13. The van der Waals surface area contributed by atoms with Crippen LogP contribution < -0.4 is 11.0 Å². The van der Waals surface area contributed by atoms with Gasteiger partial charge in [-0.2, -0.15) is 13.8 Å². The molecule has 2 aromatic rings. The normalized spacial score (nSPS) is 19.8. The van der Waals surface area contributed by atoms with Gasteiger partial charge in [-0.15, -0.1) is 0 Å². The molecule has 0 aliphatic carbocycles. The first-order valence-corrected chi connectivity index (χ1v) is 12.6. The summed E-state index contributed by atoms with van der Waals surface area (Å²) in [7, 11) is 0. The van der Waals surface area contributed by atoms with Crippen LogP contribution in [0.15, 0.2) is 47.4 Å². The first kappa shape index (κ1) is 29.8. The first-order valence-electron chi connectivity index (χ1n) is 12.6. The number of benzene rings is 1. The summed E-state index contributed by atoms with van der Waals surface area (Å²) in [6.07, 6.45) is -4.15. The van der Waals surface area contributed by atoms with E-state index >= 15 is 8.78 Å². The molecule has 13 heteroatoms. The van der Waals surface area contributed by atoms with Gasteiger partial charge in [0.25, 0.3) is 0 Å². The number of hydrogen-bond acceptors (Lipinski definition) is 9. The van der Waals surface area contributed by atoms with E-state index in [4.69, 9.17) is 14.2 Å². The number of amides is 1. The van der Waals surface area contributed by atoms with Crippen LogP contribution in [-0.2, 0) is 30.2 Å². The molecule has 1 aromatic heterocycles. The summed E-state index contributed by atoms with van der Waals surface area (Å²) < 4.78 is 46.1. The number of carbonyl (C=O) groups excluding carboxylic acids is 3. The fraction of sp³-hybridized carbons (Fsp3) is 0.500. The lowest BCUT2D eigenvalue weighted by Crippen LogP contribution is -2.44. The topological polar surface area (TPSA) is 146 Å². The van der Waals surface area contributed by atoms with Crippen molar-refractivity contribution in [1.82, 2.24) is 9.55 Å². The Labute approximate surface area is 223 Å². The molecule has 212 valence electrons. The third kappa shape index (κ3) is 8.14. The van der Waals surface area contributed by atoms with E-state index in [0.717, 1.165) is 30.7 Å². The van der Waals surface area contributed by atoms with Crippen molar-refractivity contribution in [3.05, 3.63) is 58.6 Å². The highest BCUT2D eigenvalue weighted by molar-refractivity contribution is 5.84. The quantitative estimate of drug-likeness (QED) is 0.283. The number of alkyl halides is 2. The molecule has 11 nitrogen and oxygen atoms in total. The number of unbranched alkanes of at least 4 members (excludes halogenated alkanes) is 2. The zero-order valence-corrected chi connectivity index (χ0v) is 21.4. The Bertz CT molecular complexity index is 1190. The molecule has 1 amide bonds. The van der Waals surface area contributed by atoms with Gasteiger partial charge in [-0.1, -0.05) is 50.1 Å². The third-order valence-electron chi connectivity index (χ3n) is 5.93. The van der Waals surface area contributed by atoms with Gasteiger partial charge >= 0.3 is 23.7 Å². The average Bonchev–Trinajstić information content (AvgIpc) is 3.15. The number of nitrogens with one attached hydrogen (secondary N) is 1. The fourth-order valence-electron chi connectivity index (χ4n) is 3.93. The number of Topliss-reactive ketones (excluding diaryl/α,β-unsaturated/α-hetero) is 1. The molecule has 1 fully saturated rings.